The fourth-order valence-electron chi connectivity index (χ4n) is 5.65. The van der Waals surface area contributed by atoms with E-state index < -0.39 is 65.4 Å². The number of amides is 2. The van der Waals surface area contributed by atoms with Crippen LogP contribution in [0.15, 0.2) is 48.5 Å². The molecule has 2 rings (SSSR count). The zero-order valence-electron chi connectivity index (χ0n) is 29.4. The van der Waals surface area contributed by atoms with Crippen molar-refractivity contribution in [1.82, 2.24) is 10.6 Å². The van der Waals surface area contributed by atoms with Crippen molar-refractivity contribution in [3.8, 4) is 0 Å². The minimum Gasteiger partial charge on any atom is -0.454 e. The van der Waals surface area contributed by atoms with Gasteiger partial charge in [0, 0.05) is 6.42 Å². The number of benzene rings is 2. The molecule has 284 valence electrons. The van der Waals surface area contributed by atoms with Crippen molar-refractivity contribution in [1.29, 1.82) is 0 Å². The third-order valence-corrected chi connectivity index (χ3v) is 8.47. The molecule has 13 heteroatoms. The highest BCUT2D eigenvalue weighted by molar-refractivity contribution is 5.97. The van der Waals surface area contributed by atoms with Gasteiger partial charge in [0.2, 0.25) is 11.8 Å². The summed E-state index contributed by atoms with van der Waals surface area (Å²) in [7, 11) is 0. The van der Waals surface area contributed by atoms with E-state index >= 15 is 0 Å². The first-order valence-corrected chi connectivity index (χ1v) is 17.8. The van der Waals surface area contributed by atoms with Gasteiger partial charge in [-0.1, -0.05) is 121 Å². The Balaban J connectivity index is 2.16. The van der Waals surface area contributed by atoms with Crippen LogP contribution in [0.5, 0.6) is 0 Å². The van der Waals surface area contributed by atoms with Crippen molar-refractivity contribution in [3.05, 3.63) is 70.8 Å². The third kappa shape index (κ3) is 15.9. The van der Waals surface area contributed by atoms with Crippen LogP contribution >= 0.6 is 0 Å². The summed E-state index contributed by atoms with van der Waals surface area (Å²) in [5, 5.41) is 5.34. The Morgan fingerprint density at radius 3 is 1.73 bits per heavy atom. The van der Waals surface area contributed by atoms with E-state index in [1.165, 1.54) is 25.7 Å². The number of hydrogen-bond acceptors (Lipinski definition) is 5. The fraction of sp³-hybridized carbons (Fsp3) is 0.579. The van der Waals surface area contributed by atoms with E-state index in [9.17, 15) is 45.5 Å². The second-order valence-corrected chi connectivity index (χ2v) is 12.7. The van der Waals surface area contributed by atoms with Crippen molar-refractivity contribution in [2.45, 2.75) is 135 Å². The van der Waals surface area contributed by atoms with E-state index in [1.807, 2.05) is 6.92 Å². The average Bonchev–Trinajstić information content (AvgIpc) is 3.08. The predicted octanol–water partition coefficient (Wildman–Crippen LogP) is 9.16. The molecule has 0 unspecified atom stereocenters. The number of ether oxygens (including phenoxy) is 1. The molecular formula is C38H50F6N2O5. The molecule has 2 aromatic carbocycles. The number of halogens is 6. The quantitative estimate of drug-likeness (QED) is 0.0676. The predicted molar refractivity (Wildman–Crippen MR) is 182 cm³/mol. The molecule has 2 aromatic rings. The summed E-state index contributed by atoms with van der Waals surface area (Å²) in [4.78, 5) is 52.5. The lowest BCUT2D eigenvalue weighted by Gasteiger charge is -2.23. The van der Waals surface area contributed by atoms with Gasteiger partial charge >= 0.3 is 18.3 Å². The number of rotatable bonds is 23. The van der Waals surface area contributed by atoms with Crippen LogP contribution in [0.2, 0.25) is 0 Å². The standard InChI is InChI=1S/C38H50F6N2O5/c1-3-5-7-8-9-10-11-12-17-24-33(48)45-30(23-14-6-4-2)35(49)46-31(25-27-19-15-13-16-20-27)32(47)26-51-36(50)34-28(37(39,40)41)21-18-22-29(34)38(42,43)44/h13,15-16,18-22,30-31H,3-12,14,17,23-26H2,1-2H3,(H,45,48)(H,46,49)/t30-,31-/m0/s1. The number of nitrogens with one attached hydrogen (secondary N) is 2. The van der Waals surface area contributed by atoms with Crippen LogP contribution in [0, 0.1) is 0 Å². The molecule has 0 heterocycles. The Morgan fingerprint density at radius 1 is 0.647 bits per heavy atom. The first-order chi connectivity index (χ1) is 24.2. The number of alkyl halides is 6. The Bertz CT molecular complexity index is 1350. The van der Waals surface area contributed by atoms with Gasteiger partial charge in [0.1, 0.15) is 6.04 Å². The van der Waals surface area contributed by atoms with Crippen LogP contribution in [0.25, 0.3) is 0 Å². The zero-order chi connectivity index (χ0) is 37.9. The lowest BCUT2D eigenvalue weighted by Crippen LogP contribution is -2.52. The van der Waals surface area contributed by atoms with Crippen LogP contribution in [0.3, 0.4) is 0 Å². The molecule has 51 heavy (non-hydrogen) atoms. The van der Waals surface area contributed by atoms with Gasteiger partial charge in [-0.25, -0.2) is 4.79 Å². The molecular weight excluding hydrogens is 678 g/mol. The summed E-state index contributed by atoms with van der Waals surface area (Å²) in [6.07, 6.45) is 1.56. The molecule has 0 fully saturated rings. The molecule has 0 bridgehead atoms. The Hall–Kier alpha value is -3.90. The van der Waals surface area contributed by atoms with E-state index in [2.05, 4.69) is 17.6 Å². The molecule has 2 N–H and O–H groups in total. The average molecular weight is 729 g/mol. The second kappa shape index (κ2) is 22.1. The highest BCUT2D eigenvalue weighted by atomic mass is 19.4. The van der Waals surface area contributed by atoms with Gasteiger partial charge in [-0.3, -0.25) is 14.4 Å². The molecule has 0 aliphatic carbocycles. The molecule has 0 saturated heterocycles. The maximum Gasteiger partial charge on any atom is 0.417 e. The van der Waals surface area contributed by atoms with Crippen LogP contribution in [0.4, 0.5) is 26.3 Å². The SMILES string of the molecule is CCCCCCCCCCCC(=O)N[C@@H](CCCCC)C(=O)N[C@@H](Cc1ccccc1)C(=O)COC(=O)c1c(C(F)(F)F)cccc1C(F)(F)F. The summed E-state index contributed by atoms with van der Waals surface area (Å²) in [5.41, 5.74) is -4.92. The number of Topliss-reactive ketones (excluding diaryl/α,β-unsaturated/α-hetero) is 1. The topological polar surface area (TPSA) is 102 Å². The van der Waals surface area contributed by atoms with Gasteiger partial charge in [0.05, 0.1) is 22.7 Å². The van der Waals surface area contributed by atoms with Gasteiger partial charge in [0.15, 0.2) is 12.4 Å². The smallest absolute Gasteiger partial charge is 0.417 e. The summed E-state index contributed by atoms with van der Waals surface area (Å²) in [6.45, 7) is 2.92. The van der Waals surface area contributed by atoms with Gasteiger partial charge in [-0.05, 0) is 37.0 Å². The van der Waals surface area contributed by atoms with Crippen molar-refractivity contribution < 1.29 is 50.3 Å². The van der Waals surface area contributed by atoms with Gasteiger partial charge in [0.25, 0.3) is 0 Å². The first-order valence-electron chi connectivity index (χ1n) is 17.8. The Labute approximate surface area is 296 Å². The molecule has 0 aliphatic rings. The number of ketones is 1. The normalized spacial score (nSPS) is 12.9. The van der Waals surface area contributed by atoms with E-state index in [4.69, 9.17) is 4.74 Å². The minimum absolute atomic E-state index is 0.121. The molecule has 2 amide bonds. The maximum atomic E-state index is 13.6. The molecule has 0 saturated carbocycles. The van der Waals surface area contributed by atoms with Crippen molar-refractivity contribution >= 4 is 23.6 Å². The van der Waals surface area contributed by atoms with Crippen LogP contribution in [-0.4, -0.2) is 42.3 Å². The van der Waals surface area contributed by atoms with Gasteiger partial charge < -0.3 is 15.4 Å². The van der Waals surface area contributed by atoms with Crippen molar-refractivity contribution in [2.75, 3.05) is 6.61 Å². The lowest BCUT2D eigenvalue weighted by atomic mass is 9.99. The van der Waals surface area contributed by atoms with Crippen molar-refractivity contribution in [3.63, 3.8) is 0 Å². The van der Waals surface area contributed by atoms with E-state index in [0.29, 0.717) is 36.6 Å². The first kappa shape index (κ1) is 43.3. The fourth-order valence-corrected chi connectivity index (χ4v) is 5.65. The summed E-state index contributed by atoms with van der Waals surface area (Å²) in [5.74, 6) is -3.96. The van der Waals surface area contributed by atoms with Crippen LogP contribution in [-0.2, 0) is 37.9 Å². The molecule has 0 aliphatic heterocycles. The summed E-state index contributed by atoms with van der Waals surface area (Å²) >= 11 is 0. The molecule has 0 aromatic heterocycles. The lowest BCUT2D eigenvalue weighted by molar-refractivity contribution is -0.144. The van der Waals surface area contributed by atoms with E-state index in [-0.39, 0.29) is 25.2 Å². The van der Waals surface area contributed by atoms with Gasteiger partial charge in [-0.2, -0.15) is 26.3 Å². The number of unbranched alkanes of at least 4 members (excludes halogenated alkanes) is 10. The maximum absolute atomic E-state index is 13.6. The zero-order valence-corrected chi connectivity index (χ0v) is 29.4. The summed E-state index contributed by atoms with van der Waals surface area (Å²) < 4.78 is 86.4. The Kier molecular flexibility index (Phi) is 18.8. The van der Waals surface area contributed by atoms with Crippen LogP contribution in [0.1, 0.15) is 131 Å². The van der Waals surface area contributed by atoms with E-state index in [1.54, 1.807) is 30.3 Å². The molecule has 2 atom stereocenters. The highest BCUT2D eigenvalue weighted by Crippen LogP contribution is 2.39. The summed E-state index contributed by atoms with van der Waals surface area (Å²) in [6, 6.07) is 7.13. The second-order valence-electron chi connectivity index (χ2n) is 12.7. The number of esters is 1. The monoisotopic (exact) mass is 728 g/mol. The molecule has 7 nitrogen and oxygen atoms in total. The van der Waals surface area contributed by atoms with Crippen molar-refractivity contribution in [2.24, 2.45) is 0 Å². The molecule has 0 radical (unpaired) electrons. The van der Waals surface area contributed by atoms with Crippen LogP contribution < -0.4 is 10.6 Å². The third-order valence-electron chi connectivity index (χ3n) is 8.47. The largest absolute Gasteiger partial charge is 0.454 e. The number of hydrogen-bond donors (Lipinski definition) is 2. The van der Waals surface area contributed by atoms with E-state index in [0.717, 1.165) is 38.5 Å². The van der Waals surface area contributed by atoms with Gasteiger partial charge in [-0.15, -0.1) is 0 Å². The number of carbonyl (C=O) groups is 4. The Morgan fingerprint density at radius 2 is 1.18 bits per heavy atom. The highest BCUT2D eigenvalue weighted by Gasteiger charge is 2.43. The number of carbonyl (C=O) groups excluding carboxylic acids is 4. The molecule has 0 spiro atoms. The minimum atomic E-state index is -5.32.